The molecule has 4 aromatic rings. The molecule has 32 heavy (non-hydrogen) atoms. The Morgan fingerprint density at radius 3 is 2.34 bits per heavy atom. The first-order valence-corrected chi connectivity index (χ1v) is 10.5. The molecule has 0 aliphatic rings. The molecule has 0 amide bonds. The van der Waals surface area contributed by atoms with Crippen molar-refractivity contribution in [2.24, 2.45) is 0 Å². The Labute approximate surface area is 186 Å². The van der Waals surface area contributed by atoms with E-state index in [1.807, 2.05) is 55.5 Å². The molecule has 0 radical (unpaired) electrons. The van der Waals surface area contributed by atoms with Gasteiger partial charge in [-0.1, -0.05) is 36.4 Å². The maximum absolute atomic E-state index is 10.6. The molecule has 0 aliphatic carbocycles. The molecule has 0 heterocycles. The zero-order valence-electron chi connectivity index (χ0n) is 17.7. The molecule has 0 fully saturated rings. The molecular weight excluding hydrogens is 404 g/mol. The van der Waals surface area contributed by atoms with Gasteiger partial charge in [-0.3, -0.25) is 4.79 Å². The van der Waals surface area contributed by atoms with E-state index in [1.165, 1.54) is 0 Å². The second kappa shape index (κ2) is 9.43. The van der Waals surface area contributed by atoms with Crippen LogP contribution in [0.2, 0.25) is 0 Å². The molecule has 0 spiro atoms. The van der Waals surface area contributed by atoms with E-state index in [4.69, 9.17) is 14.6 Å². The Bertz CT molecular complexity index is 1230. The molecule has 0 saturated carbocycles. The van der Waals surface area contributed by atoms with Crippen molar-refractivity contribution in [2.75, 3.05) is 6.61 Å². The fourth-order valence-electron chi connectivity index (χ4n) is 3.70. The van der Waals surface area contributed by atoms with Crippen molar-refractivity contribution >= 4 is 16.7 Å². The number of phenols is 1. The van der Waals surface area contributed by atoms with Gasteiger partial charge in [-0.15, -0.1) is 0 Å². The van der Waals surface area contributed by atoms with Gasteiger partial charge in [-0.2, -0.15) is 0 Å². The highest BCUT2D eigenvalue weighted by molar-refractivity contribution is 5.97. The van der Waals surface area contributed by atoms with Crippen LogP contribution in [0.5, 0.6) is 23.0 Å². The fourth-order valence-corrected chi connectivity index (χ4v) is 3.70. The first-order chi connectivity index (χ1) is 15.5. The summed E-state index contributed by atoms with van der Waals surface area (Å²) >= 11 is 0. The SMILES string of the molecule is Cc1cc2cc(O)ccc2c(Oc2ccc(OCCCC(=O)O)cc2)c1-c1ccccc1. The summed E-state index contributed by atoms with van der Waals surface area (Å²) < 4.78 is 12.0. The highest BCUT2D eigenvalue weighted by atomic mass is 16.5. The van der Waals surface area contributed by atoms with Gasteiger partial charge in [0.2, 0.25) is 0 Å². The van der Waals surface area contributed by atoms with Gasteiger partial charge >= 0.3 is 5.97 Å². The molecule has 0 bridgehead atoms. The number of fused-ring (bicyclic) bond motifs is 1. The van der Waals surface area contributed by atoms with Gasteiger partial charge in [-0.05, 0) is 72.3 Å². The van der Waals surface area contributed by atoms with Crippen LogP contribution < -0.4 is 9.47 Å². The van der Waals surface area contributed by atoms with E-state index in [0.717, 1.165) is 33.2 Å². The number of hydrogen-bond donors (Lipinski definition) is 2. The zero-order chi connectivity index (χ0) is 22.5. The number of phenolic OH excluding ortho intramolecular Hbond substituents is 1. The average molecular weight is 428 g/mol. The number of carbonyl (C=O) groups is 1. The standard InChI is InChI=1S/C27H24O5/c1-18-16-20-17-21(28)9-14-24(20)27(26(18)19-6-3-2-4-7-19)32-23-12-10-22(11-13-23)31-15-5-8-25(29)30/h2-4,6-7,9-14,16-17,28H,5,8,15H2,1H3,(H,29,30). The van der Waals surface area contributed by atoms with Crippen LogP contribution in [-0.2, 0) is 4.79 Å². The number of aryl methyl sites for hydroxylation is 1. The number of ether oxygens (including phenoxy) is 2. The van der Waals surface area contributed by atoms with Crippen LogP contribution in [0.15, 0.2) is 78.9 Å². The van der Waals surface area contributed by atoms with Crippen molar-refractivity contribution in [3.8, 4) is 34.1 Å². The Balaban J connectivity index is 1.66. The van der Waals surface area contributed by atoms with Gasteiger partial charge in [-0.25, -0.2) is 0 Å². The van der Waals surface area contributed by atoms with Crippen LogP contribution >= 0.6 is 0 Å². The number of rotatable bonds is 8. The van der Waals surface area contributed by atoms with Crippen LogP contribution in [-0.4, -0.2) is 22.8 Å². The van der Waals surface area contributed by atoms with Crippen LogP contribution in [0.1, 0.15) is 18.4 Å². The number of hydrogen-bond acceptors (Lipinski definition) is 4. The minimum Gasteiger partial charge on any atom is -0.508 e. The van der Waals surface area contributed by atoms with Crippen molar-refractivity contribution in [3.05, 3.63) is 84.4 Å². The van der Waals surface area contributed by atoms with E-state index in [1.54, 1.807) is 12.1 Å². The monoisotopic (exact) mass is 428 g/mol. The first-order valence-electron chi connectivity index (χ1n) is 10.5. The van der Waals surface area contributed by atoms with E-state index in [9.17, 15) is 9.90 Å². The lowest BCUT2D eigenvalue weighted by molar-refractivity contribution is -0.137. The summed E-state index contributed by atoms with van der Waals surface area (Å²) in [5, 5.41) is 20.5. The molecular formula is C27H24O5. The number of carboxylic acid groups (broad SMARTS) is 1. The van der Waals surface area contributed by atoms with Crippen molar-refractivity contribution < 1.29 is 24.5 Å². The largest absolute Gasteiger partial charge is 0.508 e. The second-order valence-corrected chi connectivity index (χ2v) is 7.59. The van der Waals surface area contributed by atoms with Gasteiger partial charge in [0.15, 0.2) is 0 Å². The molecule has 4 aromatic carbocycles. The molecule has 0 unspecified atom stereocenters. The lowest BCUT2D eigenvalue weighted by Gasteiger charge is -2.18. The summed E-state index contributed by atoms with van der Waals surface area (Å²) in [6, 6.07) is 24.7. The van der Waals surface area contributed by atoms with Crippen molar-refractivity contribution in [3.63, 3.8) is 0 Å². The smallest absolute Gasteiger partial charge is 0.303 e. The van der Waals surface area contributed by atoms with E-state index in [2.05, 4.69) is 18.2 Å². The molecule has 0 aromatic heterocycles. The number of aliphatic carboxylic acids is 1. The second-order valence-electron chi connectivity index (χ2n) is 7.59. The highest BCUT2D eigenvalue weighted by Gasteiger charge is 2.16. The highest BCUT2D eigenvalue weighted by Crippen LogP contribution is 2.42. The first kappa shape index (κ1) is 21.2. The lowest BCUT2D eigenvalue weighted by Crippen LogP contribution is -2.02. The van der Waals surface area contributed by atoms with Crippen LogP contribution in [0.4, 0.5) is 0 Å². The maximum Gasteiger partial charge on any atom is 0.303 e. The van der Waals surface area contributed by atoms with Gasteiger partial charge in [0, 0.05) is 17.4 Å². The molecule has 162 valence electrons. The Kier molecular flexibility index (Phi) is 6.26. The minimum atomic E-state index is -0.828. The molecule has 0 aliphatic heterocycles. The molecule has 0 atom stereocenters. The zero-order valence-corrected chi connectivity index (χ0v) is 17.7. The third-order valence-corrected chi connectivity index (χ3v) is 5.18. The van der Waals surface area contributed by atoms with E-state index >= 15 is 0 Å². The molecule has 5 heteroatoms. The fraction of sp³-hybridized carbons (Fsp3) is 0.148. The Morgan fingerprint density at radius 2 is 1.62 bits per heavy atom. The third kappa shape index (κ3) is 4.83. The van der Waals surface area contributed by atoms with Crippen molar-refractivity contribution in [1.29, 1.82) is 0 Å². The quantitative estimate of drug-likeness (QED) is 0.311. The van der Waals surface area contributed by atoms with Gasteiger partial charge in [0.1, 0.15) is 23.0 Å². The predicted octanol–water partition coefficient (Wildman–Crippen LogP) is 6.56. The van der Waals surface area contributed by atoms with Gasteiger partial charge in [0.25, 0.3) is 0 Å². The Hall–Kier alpha value is -3.99. The van der Waals surface area contributed by atoms with Gasteiger partial charge < -0.3 is 19.7 Å². The topological polar surface area (TPSA) is 76.0 Å². The predicted molar refractivity (Wildman–Crippen MR) is 125 cm³/mol. The molecule has 2 N–H and O–H groups in total. The van der Waals surface area contributed by atoms with Crippen LogP contribution in [0, 0.1) is 6.92 Å². The van der Waals surface area contributed by atoms with E-state index in [0.29, 0.717) is 24.5 Å². The van der Waals surface area contributed by atoms with E-state index in [-0.39, 0.29) is 12.2 Å². The number of carboxylic acids is 1. The van der Waals surface area contributed by atoms with Crippen molar-refractivity contribution in [1.82, 2.24) is 0 Å². The Morgan fingerprint density at radius 1 is 0.906 bits per heavy atom. The lowest BCUT2D eigenvalue weighted by atomic mass is 9.94. The summed E-state index contributed by atoms with van der Waals surface area (Å²) in [6.45, 7) is 2.38. The number of aromatic hydroxyl groups is 1. The normalized spacial score (nSPS) is 10.8. The summed E-state index contributed by atoms with van der Waals surface area (Å²) in [5.74, 6) is 1.41. The van der Waals surface area contributed by atoms with Crippen molar-refractivity contribution in [2.45, 2.75) is 19.8 Å². The maximum atomic E-state index is 10.6. The third-order valence-electron chi connectivity index (χ3n) is 5.18. The summed E-state index contributed by atoms with van der Waals surface area (Å²) in [5.41, 5.74) is 3.09. The summed E-state index contributed by atoms with van der Waals surface area (Å²) in [4.78, 5) is 10.6. The minimum absolute atomic E-state index is 0.0828. The summed E-state index contributed by atoms with van der Waals surface area (Å²) in [6.07, 6.45) is 0.537. The van der Waals surface area contributed by atoms with Gasteiger partial charge in [0.05, 0.1) is 6.61 Å². The molecule has 5 nitrogen and oxygen atoms in total. The van der Waals surface area contributed by atoms with E-state index < -0.39 is 5.97 Å². The summed E-state index contributed by atoms with van der Waals surface area (Å²) in [7, 11) is 0. The number of benzene rings is 4. The average Bonchev–Trinajstić information content (AvgIpc) is 2.78. The van der Waals surface area contributed by atoms with Crippen LogP contribution in [0.3, 0.4) is 0 Å². The molecule has 4 rings (SSSR count). The van der Waals surface area contributed by atoms with Crippen LogP contribution in [0.25, 0.3) is 21.9 Å². The molecule has 0 saturated heterocycles.